The first kappa shape index (κ1) is 22.2. The van der Waals surface area contributed by atoms with Crippen LogP contribution < -0.4 is 10.1 Å². The number of aryl methyl sites for hydroxylation is 1. The summed E-state index contributed by atoms with van der Waals surface area (Å²) in [5.74, 6) is 0.842. The van der Waals surface area contributed by atoms with Crippen LogP contribution in [0.3, 0.4) is 0 Å². The largest absolute Gasteiger partial charge is 0.484 e. The van der Waals surface area contributed by atoms with Gasteiger partial charge >= 0.3 is 0 Å². The smallest absolute Gasteiger partial charge is 0.293 e. The van der Waals surface area contributed by atoms with Crippen LogP contribution in [0.4, 0.5) is 5.95 Å². The zero-order valence-corrected chi connectivity index (χ0v) is 19.1. The second kappa shape index (κ2) is 9.65. The summed E-state index contributed by atoms with van der Waals surface area (Å²) in [4.78, 5) is 16.6. The van der Waals surface area contributed by atoms with Crippen molar-refractivity contribution < 1.29 is 13.9 Å². The molecule has 0 spiro atoms. The number of para-hydroxylation sites is 1. The number of amides is 1. The highest BCUT2D eigenvalue weighted by Gasteiger charge is 2.15. The maximum absolute atomic E-state index is 12.5. The van der Waals surface area contributed by atoms with Crippen LogP contribution in [0.1, 0.15) is 27.4 Å². The number of ether oxygens (including phenoxy) is 1. The van der Waals surface area contributed by atoms with Gasteiger partial charge in [0.1, 0.15) is 24.4 Å². The third kappa shape index (κ3) is 5.24. The fourth-order valence-corrected chi connectivity index (χ4v) is 3.53. The maximum atomic E-state index is 12.5. The van der Waals surface area contributed by atoms with Gasteiger partial charge in [-0.2, -0.15) is 0 Å². The molecule has 10 heteroatoms. The molecule has 0 radical (unpaired) electrons. The summed E-state index contributed by atoms with van der Waals surface area (Å²) in [5.41, 5.74) is 1.80. The molecule has 0 aliphatic carbocycles. The van der Waals surface area contributed by atoms with E-state index in [0.717, 1.165) is 11.1 Å². The first-order chi connectivity index (χ1) is 15.4. The lowest BCUT2D eigenvalue weighted by molar-refractivity contribution is 0.0991. The summed E-state index contributed by atoms with van der Waals surface area (Å²) < 4.78 is 12.9. The van der Waals surface area contributed by atoms with E-state index >= 15 is 0 Å². The Morgan fingerprint density at radius 3 is 2.72 bits per heavy atom. The van der Waals surface area contributed by atoms with Gasteiger partial charge in [-0.15, -0.1) is 5.10 Å². The van der Waals surface area contributed by atoms with E-state index in [1.165, 1.54) is 6.33 Å². The van der Waals surface area contributed by atoms with E-state index in [1.807, 2.05) is 25.1 Å². The topological polar surface area (TPSA) is 82.2 Å². The van der Waals surface area contributed by atoms with Gasteiger partial charge in [0.05, 0.1) is 21.6 Å². The monoisotopic (exact) mass is 490 g/mol. The Labute approximate surface area is 198 Å². The fourth-order valence-electron chi connectivity index (χ4n) is 2.94. The number of hydrogen-bond donors (Lipinski definition) is 1. The molecular formula is C22H17Cl3N4O3. The molecule has 0 unspecified atom stereocenters. The Morgan fingerprint density at radius 2 is 1.94 bits per heavy atom. The highest BCUT2D eigenvalue weighted by atomic mass is 35.5. The number of halogens is 3. The van der Waals surface area contributed by atoms with Gasteiger partial charge in [-0.1, -0.05) is 53.0 Å². The van der Waals surface area contributed by atoms with Crippen molar-refractivity contribution in [2.45, 2.75) is 20.1 Å². The van der Waals surface area contributed by atoms with Crippen molar-refractivity contribution >= 4 is 46.7 Å². The van der Waals surface area contributed by atoms with Crippen molar-refractivity contribution in [1.82, 2.24) is 14.8 Å². The molecule has 2 aromatic carbocycles. The summed E-state index contributed by atoms with van der Waals surface area (Å²) in [7, 11) is 0. The standard InChI is InChI=1S/C22H17Cl3N4O3/c1-13-3-2-4-17(24)20(13)31-11-15-6-8-19(32-15)21(30)27-22-26-12-29(28-22)10-14-5-7-16(23)18(25)9-14/h2-9,12H,10-11H2,1H3,(H,27,28,30). The minimum atomic E-state index is -0.475. The molecule has 0 saturated carbocycles. The zero-order chi connectivity index (χ0) is 22.7. The van der Waals surface area contributed by atoms with Crippen molar-refractivity contribution in [1.29, 1.82) is 0 Å². The van der Waals surface area contributed by atoms with Crippen LogP contribution >= 0.6 is 34.8 Å². The highest BCUT2D eigenvalue weighted by Crippen LogP contribution is 2.29. The quantitative estimate of drug-likeness (QED) is 0.342. The van der Waals surface area contributed by atoms with Crippen molar-refractivity contribution in [3.8, 4) is 5.75 Å². The summed E-state index contributed by atoms with van der Waals surface area (Å²) in [5, 5.41) is 8.30. The van der Waals surface area contributed by atoms with Crippen LogP contribution in [-0.2, 0) is 13.2 Å². The van der Waals surface area contributed by atoms with Gasteiger partial charge in [0, 0.05) is 0 Å². The molecule has 0 bridgehead atoms. The first-order valence-electron chi connectivity index (χ1n) is 9.50. The van der Waals surface area contributed by atoms with Crippen LogP contribution in [0, 0.1) is 6.92 Å². The van der Waals surface area contributed by atoms with E-state index in [0.29, 0.717) is 33.1 Å². The lowest BCUT2D eigenvalue weighted by atomic mass is 10.2. The summed E-state index contributed by atoms with van der Waals surface area (Å²) in [6.45, 7) is 2.45. The second-order valence-corrected chi connectivity index (χ2v) is 8.13. The Balaban J connectivity index is 1.35. The van der Waals surface area contributed by atoms with Gasteiger partial charge in [-0.05, 0) is 48.4 Å². The molecule has 4 aromatic rings. The third-order valence-corrected chi connectivity index (χ3v) is 5.54. The normalized spacial score (nSPS) is 10.9. The zero-order valence-electron chi connectivity index (χ0n) is 16.8. The summed E-state index contributed by atoms with van der Waals surface area (Å²) in [6.07, 6.45) is 1.51. The lowest BCUT2D eigenvalue weighted by Crippen LogP contribution is -2.12. The van der Waals surface area contributed by atoms with Crippen molar-refractivity contribution in [2.75, 3.05) is 5.32 Å². The lowest BCUT2D eigenvalue weighted by Gasteiger charge is -2.09. The van der Waals surface area contributed by atoms with Gasteiger partial charge in [-0.3, -0.25) is 10.1 Å². The van der Waals surface area contributed by atoms with Crippen LogP contribution in [0.5, 0.6) is 5.75 Å². The van der Waals surface area contributed by atoms with Crippen molar-refractivity contribution in [3.05, 3.63) is 92.6 Å². The van der Waals surface area contributed by atoms with Gasteiger partial charge in [-0.25, -0.2) is 9.67 Å². The number of anilines is 1. The Kier molecular flexibility index (Phi) is 6.69. The van der Waals surface area contributed by atoms with E-state index in [9.17, 15) is 4.79 Å². The van der Waals surface area contributed by atoms with Crippen LogP contribution in [0.2, 0.25) is 15.1 Å². The Bertz CT molecular complexity index is 1250. The molecule has 1 amide bonds. The van der Waals surface area contributed by atoms with E-state index < -0.39 is 5.91 Å². The molecule has 2 aromatic heterocycles. The molecule has 2 heterocycles. The molecule has 0 fully saturated rings. The molecule has 0 aliphatic heterocycles. The fraction of sp³-hybridized carbons (Fsp3) is 0.136. The number of aromatic nitrogens is 3. The van der Waals surface area contributed by atoms with E-state index in [-0.39, 0.29) is 18.3 Å². The molecule has 164 valence electrons. The predicted octanol–water partition coefficient (Wildman–Crippen LogP) is 6.02. The van der Waals surface area contributed by atoms with E-state index in [1.54, 1.807) is 35.0 Å². The number of furan rings is 1. The summed E-state index contributed by atoms with van der Waals surface area (Å²) in [6, 6.07) is 14.0. The predicted molar refractivity (Wildman–Crippen MR) is 123 cm³/mol. The second-order valence-electron chi connectivity index (χ2n) is 6.91. The SMILES string of the molecule is Cc1cccc(Cl)c1OCc1ccc(C(=O)Nc2ncn(Cc3ccc(Cl)c(Cl)c3)n2)o1. The van der Waals surface area contributed by atoms with Gasteiger partial charge in [0.2, 0.25) is 5.95 Å². The van der Waals surface area contributed by atoms with Gasteiger partial charge in [0.25, 0.3) is 5.91 Å². The average molecular weight is 492 g/mol. The molecule has 0 aliphatic rings. The van der Waals surface area contributed by atoms with Crippen molar-refractivity contribution in [2.24, 2.45) is 0 Å². The minimum absolute atomic E-state index is 0.111. The Hall–Kier alpha value is -3.00. The van der Waals surface area contributed by atoms with Crippen LogP contribution in [0.25, 0.3) is 0 Å². The first-order valence-corrected chi connectivity index (χ1v) is 10.6. The number of nitrogens with one attached hydrogen (secondary N) is 1. The molecule has 0 saturated heterocycles. The number of carbonyl (C=O) groups is 1. The summed E-state index contributed by atoms with van der Waals surface area (Å²) >= 11 is 18.1. The highest BCUT2D eigenvalue weighted by molar-refractivity contribution is 6.42. The number of rotatable bonds is 7. The van der Waals surface area contributed by atoms with Crippen molar-refractivity contribution in [3.63, 3.8) is 0 Å². The van der Waals surface area contributed by atoms with Gasteiger partial charge in [0.15, 0.2) is 5.76 Å². The number of benzene rings is 2. The molecule has 1 N–H and O–H groups in total. The maximum Gasteiger partial charge on any atom is 0.293 e. The number of carbonyl (C=O) groups excluding carboxylic acids is 1. The number of nitrogens with zero attached hydrogens (tertiary/aromatic N) is 3. The number of hydrogen-bond acceptors (Lipinski definition) is 5. The third-order valence-electron chi connectivity index (χ3n) is 4.50. The van der Waals surface area contributed by atoms with Gasteiger partial charge < -0.3 is 9.15 Å². The Morgan fingerprint density at radius 1 is 1.09 bits per heavy atom. The van der Waals surface area contributed by atoms with E-state index in [4.69, 9.17) is 44.0 Å². The van der Waals surface area contributed by atoms with Crippen LogP contribution in [-0.4, -0.2) is 20.7 Å². The molecule has 32 heavy (non-hydrogen) atoms. The molecule has 0 atom stereocenters. The van der Waals surface area contributed by atoms with E-state index in [2.05, 4.69) is 15.4 Å². The van der Waals surface area contributed by atoms with Crippen LogP contribution in [0.15, 0.2) is 59.3 Å². The average Bonchev–Trinajstić information content (AvgIpc) is 3.40. The minimum Gasteiger partial charge on any atom is -0.484 e. The molecule has 4 rings (SSSR count). The molecule has 7 nitrogen and oxygen atoms in total. The molecular weight excluding hydrogens is 475 g/mol.